The van der Waals surface area contributed by atoms with Gasteiger partial charge < -0.3 is 5.11 Å². The number of rotatable bonds is 5. The van der Waals surface area contributed by atoms with Crippen molar-refractivity contribution in [2.45, 2.75) is 44.6 Å². The summed E-state index contributed by atoms with van der Waals surface area (Å²) in [7, 11) is -3.11. The van der Waals surface area contributed by atoms with E-state index in [0.29, 0.717) is 12.5 Å². The van der Waals surface area contributed by atoms with Gasteiger partial charge in [0.2, 0.25) is 10.0 Å². The summed E-state index contributed by atoms with van der Waals surface area (Å²) >= 11 is 0. The van der Waals surface area contributed by atoms with Crippen LogP contribution >= 0.6 is 0 Å². The third kappa shape index (κ3) is 3.18. The molecule has 0 aromatic carbocycles. The Labute approximate surface area is 97.5 Å². The Bertz CT molecular complexity index is 324. The summed E-state index contributed by atoms with van der Waals surface area (Å²) in [5.74, 6) is 0.762. The third-order valence-corrected chi connectivity index (χ3v) is 5.38. The molecule has 94 valence electrons. The minimum absolute atomic E-state index is 0.121. The summed E-state index contributed by atoms with van der Waals surface area (Å²) in [5.41, 5.74) is 0. The highest BCUT2D eigenvalue weighted by Crippen LogP contribution is 2.28. The molecule has 2 atom stereocenters. The first-order valence-electron chi connectivity index (χ1n) is 6.22. The monoisotopic (exact) mass is 247 g/mol. The van der Waals surface area contributed by atoms with Crippen molar-refractivity contribution in [3.05, 3.63) is 0 Å². The van der Waals surface area contributed by atoms with E-state index in [0.717, 1.165) is 32.1 Å². The molecule has 0 bridgehead atoms. The van der Waals surface area contributed by atoms with Crippen LogP contribution in [0.25, 0.3) is 0 Å². The molecule has 2 unspecified atom stereocenters. The van der Waals surface area contributed by atoms with Gasteiger partial charge in [-0.05, 0) is 37.5 Å². The molecular formula is C11H21NO3S. The number of hydrogen-bond donors (Lipinski definition) is 2. The lowest BCUT2D eigenvalue weighted by molar-refractivity contribution is 0.134. The Hall–Kier alpha value is -0.130. The van der Waals surface area contributed by atoms with E-state index in [1.165, 1.54) is 6.42 Å². The molecule has 0 spiro atoms. The molecule has 16 heavy (non-hydrogen) atoms. The zero-order chi connectivity index (χ0) is 11.6. The topological polar surface area (TPSA) is 66.4 Å². The van der Waals surface area contributed by atoms with Crippen LogP contribution in [-0.4, -0.2) is 31.9 Å². The van der Waals surface area contributed by atoms with Crippen molar-refractivity contribution < 1.29 is 13.5 Å². The molecule has 0 aromatic rings. The molecule has 0 amide bonds. The molecule has 5 heteroatoms. The SMILES string of the molecule is O=S(=O)(CC1CCC1)NCC1CCCC1O. The molecule has 0 saturated heterocycles. The van der Waals surface area contributed by atoms with E-state index in [4.69, 9.17) is 0 Å². The first-order chi connectivity index (χ1) is 7.57. The minimum Gasteiger partial charge on any atom is -0.393 e. The lowest BCUT2D eigenvalue weighted by atomic mass is 9.87. The smallest absolute Gasteiger partial charge is 0.211 e. The van der Waals surface area contributed by atoms with Crippen LogP contribution in [0.4, 0.5) is 0 Å². The van der Waals surface area contributed by atoms with Gasteiger partial charge in [0.15, 0.2) is 0 Å². The average Bonchev–Trinajstić information content (AvgIpc) is 2.55. The average molecular weight is 247 g/mol. The van der Waals surface area contributed by atoms with Gasteiger partial charge in [0.25, 0.3) is 0 Å². The number of sulfonamides is 1. The fourth-order valence-corrected chi connectivity index (χ4v) is 4.06. The van der Waals surface area contributed by atoms with Gasteiger partial charge in [-0.2, -0.15) is 0 Å². The van der Waals surface area contributed by atoms with Crippen molar-refractivity contribution in [3.8, 4) is 0 Å². The summed E-state index contributed by atoms with van der Waals surface area (Å²) in [4.78, 5) is 0. The summed E-state index contributed by atoms with van der Waals surface area (Å²) in [5, 5.41) is 9.59. The minimum atomic E-state index is -3.11. The second-order valence-corrected chi connectivity index (χ2v) is 7.04. The standard InChI is InChI=1S/C11H21NO3S/c13-11-6-2-5-10(11)7-12-16(14,15)8-9-3-1-4-9/h9-13H,1-8H2. The van der Waals surface area contributed by atoms with Crippen LogP contribution in [0.5, 0.6) is 0 Å². The van der Waals surface area contributed by atoms with Gasteiger partial charge in [-0.25, -0.2) is 13.1 Å². The molecule has 2 aliphatic rings. The van der Waals surface area contributed by atoms with Crippen molar-refractivity contribution in [2.75, 3.05) is 12.3 Å². The molecule has 2 fully saturated rings. The van der Waals surface area contributed by atoms with Crippen LogP contribution in [0.1, 0.15) is 38.5 Å². The van der Waals surface area contributed by atoms with E-state index >= 15 is 0 Å². The normalized spacial score (nSPS) is 31.6. The molecular weight excluding hydrogens is 226 g/mol. The highest BCUT2D eigenvalue weighted by molar-refractivity contribution is 7.89. The van der Waals surface area contributed by atoms with Crippen LogP contribution in [0.3, 0.4) is 0 Å². The third-order valence-electron chi connectivity index (χ3n) is 3.86. The predicted octanol–water partition coefficient (Wildman–Crippen LogP) is 0.867. The summed E-state index contributed by atoms with van der Waals surface area (Å²) < 4.78 is 26.1. The van der Waals surface area contributed by atoms with Crippen molar-refractivity contribution >= 4 is 10.0 Å². The van der Waals surface area contributed by atoms with E-state index in [-0.39, 0.29) is 17.8 Å². The number of aliphatic hydroxyl groups excluding tert-OH is 1. The Balaban J connectivity index is 1.75. The van der Waals surface area contributed by atoms with Crippen LogP contribution in [0.15, 0.2) is 0 Å². The maximum absolute atomic E-state index is 11.7. The van der Waals surface area contributed by atoms with Crippen molar-refractivity contribution in [1.82, 2.24) is 4.72 Å². The fourth-order valence-electron chi connectivity index (χ4n) is 2.52. The Kier molecular flexibility index (Phi) is 3.87. The van der Waals surface area contributed by atoms with Crippen molar-refractivity contribution in [3.63, 3.8) is 0 Å². The van der Waals surface area contributed by atoms with E-state index in [9.17, 15) is 13.5 Å². The fraction of sp³-hybridized carbons (Fsp3) is 1.00. The molecule has 2 saturated carbocycles. The van der Waals surface area contributed by atoms with Crippen LogP contribution < -0.4 is 4.72 Å². The summed E-state index contributed by atoms with van der Waals surface area (Å²) in [6, 6.07) is 0. The molecule has 2 N–H and O–H groups in total. The lowest BCUT2D eigenvalue weighted by Gasteiger charge is -2.25. The molecule has 0 radical (unpaired) electrons. The van der Waals surface area contributed by atoms with Crippen molar-refractivity contribution in [1.29, 1.82) is 0 Å². The molecule has 0 heterocycles. The number of hydrogen-bond acceptors (Lipinski definition) is 3. The first kappa shape index (κ1) is 12.3. The number of nitrogens with one attached hydrogen (secondary N) is 1. The van der Waals surface area contributed by atoms with Crippen LogP contribution in [0.2, 0.25) is 0 Å². The predicted molar refractivity (Wildman–Crippen MR) is 62.5 cm³/mol. The zero-order valence-corrected chi connectivity index (χ0v) is 10.4. The second kappa shape index (κ2) is 5.02. The maximum Gasteiger partial charge on any atom is 0.211 e. The van der Waals surface area contributed by atoms with E-state index in [1.54, 1.807) is 0 Å². The van der Waals surface area contributed by atoms with E-state index in [2.05, 4.69) is 4.72 Å². The Morgan fingerprint density at radius 3 is 2.31 bits per heavy atom. The van der Waals surface area contributed by atoms with E-state index in [1.807, 2.05) is 0 Å². The van der Waals surface area contributed by atoms with Gasteiger partial charge in [0.1, 0.15) is 0 Å². The van der Waals surface area contributed by atoms with Crippen molar-refractivity contribution in [2.24, 2.45) is 11.8 Å². The first-order valence-corrected chi connectivity index (χ1v) is 7.87. The molecule has 0 aliphatic heterocycles. The van der Waals surface area contributed by atoms with Gasteiger partial charge in [-0.15, -0.1) is 0 Å². The zero-order valence-electron chi connectivity index (χ0n) is 9.56. The molecule has 2 aliphatic carbocycles. The quantitative estimate of drug-likeness (QED) is 0.757. The van der Waals surface area contributed by atoms with Gasteiger partial charge in [0.05, 0.1) is 11.9 Å². The van der Waals surface area contributed by atoms with E-state index < -0.39 is 10.0 Å². The lowest BCUT2D eigenvalue weighted by Crippen LogP contribution is -2.36. The summed E-state index contributed by atoms with van der Waals surface area (Å²) in [6.45, 7) is 0.413. The van der Waals surface area contributed by atoms with Gasteiger partial charge >= 0.3 is 0 Å². The Morgan fingerprint density at radius 2 is 1.81 bits per heavy atom. The maximum atomic E-state index is 11.7. The Morgan fingerprint density at radius 1 is 1.12 bits per heavy atom. The van der Waals surface area contributed by atoms with Crippen LogP contribution in [-0.2, 0) is 10.0 Å². The van der Waals surface area contributed by atoms with Gasteiger partial charge in [-0.3, -0.25) is 0 Å². The highest BCUT2D eigenvalue weighted by Gasteiger charge is 2.28. The van der Waals surface area contributed by atoms with Gasteiger partial charge in [0, 0.05) is 6.54 Å². The molecule has 0 aromatic heterocycles. The second-order valence-electron chi connectivity index (χ2n) is 5.19. The van der Waals surface area contributed by atoms with Crippen LogP contribution in [0, 0.1) is 11.8 Å². The van der Waals surface area contributed by atoms with Gasteiger partial charge in [-0.1, -0.05) is 12.8 Å². The largest absolute Gasteiger partial charge is 0.393 e. The molecule has 2 rings (SSSR count). The number of aliphatic hydroxyl groups is 1. The highest BCUT2D eigenvalue weighted by atomic mass is 32.2. The molecule has 4 nitrogen and oxygen atoms in total. The summed E-state index contributed by atoms with van der Waals surface area (Å²) in [6.07, 6.45) is 5.71.